The highest BCUT2D eigenvalue weighted by Crippen LogP contribution is 2.35. The van der Waals surface area contributed by atoms with E-state index >= 15 is 0 Å². The number of nitrogens with one attached hydrogen (secondary N) is 2. The van der Waals surface area contributed by atoms with Crippen LogP contribution in [0.4, 0.5) is 5.82 Å². The molecule has 0 saturated heterocycles. The van der Waals surface area contributed by atoms with E-state index in [0.717, 1.165) is 56.0 Å². The summed E-state index contributed by atoms with van der Waals surface area (Å²) in [5.41, 5.74) is 5.52. The van der Waals surface area contributed by atoms with Gasteiger partial charge in [0.15, 0.2) is 0 Å². The fraction of sp³-hybridized carbons (Fsp3) is 0.154. The zero-order chi connectivity index (χ0) is 24.8. The van der Waals surface area contributed by atoms with Crippen LogP contribution in [-0.2, 0) is 15.4 Å². The van der Waals surface area contributed by atoms with Crippen molar-refractivity contribution in [2.45, 2.75) is 19.3 Å². The Balaban J connectivity index is 1.60. The van der Waals surface area contributed by atoms with Crippen LogP contribution >= 0.6 is 0 Å². The van der Waals surface area contributed by atoms with Gasteiger partial charge in [0, 0.05) is 28.1 Å². The second kappa shape index (κ2) is 8.18. The van der Waals surface area contributed by atoms with Gasteiger partial charge in [-0.3, -0.25) is 14.8 Å². The smallest absolute Gasteiger partial charge is 0.230 e. The van der Waals surface area contributed by atoms with E-state index in [1.165, 1.54) is 0 Å². The first kappa shape index (κ1) is 22.5. The number of aromatic amines is 1. The van der Waals surface area contributed by atoms with Crippen LogP contribution in [0.5, 0.6) is 0 Å². The summed E-state index contributed by atoms with van der Waals surface area (Å²) in [5, 5.41) is 19.0. The number of benzene rings is 2. The van der Waals surface area contributed by atoms with Crippen LogP contribution in [0.25, 0.3) is 44.2 Å². The van der Waals surface area contributed by atoms with E-state index in [1.54, 1.807) is 18.5 Å². The Morgan fingerprint density at radius 1 is 0.943 bits per heavy atom. The number of pyridine rings is 2. The highest BCUT2D eigenvalue weighted by Gasteiger charge is 2.20. The molecular weight excluding hydrogens is 460 g/mol. The fourth-order valence-electron chi connectivity index (χ4n) is 4.02. The van der Waals surface area contributed by atoms with Crippen molar-refractivity contribution in [3.8, 4) is 28.5 Å². The van der Waals surface area contributed by atoms with Gasteiger partial charge in [0.2, 0.25) is 10.0 Å². The molecule has 0 aliphatic rings. The molecule has 35 heavy (non-hydrogen) atoms. The highest BCUT2D eigenvalue weighted by atomic mass is 32.2. The Morgan fingerprint density at radius 2 is 1.66 bits per heavy atom. The van der Waals surface area contributed by atoms with Gasteiger partial charge in [-0.1, -0.05) is 30.3 Å². The third-order valence-corrected chi connectivity index (χ3v) is 6.52. The maximum absolute atomic E-state index is 11.5. The summed E-state index contributed by atoms with van der Waals surface area (Å²) in [5.74, 6) is 0.265. The first-order chi connectivity index (χ1) is 16.6. The van der Waals surface area contributed by atoms with Crippen molar-refractivity contribution in [3.05, 3.63) is 72.6 Å². The molecule has 3 aromatic heterocycles. The molecule has 5 rings (SSSR count). The maximum atomic E-state index is 11.5. The SMILES string of the molecule is CC(C)(C#N)c1ccc(-c2n[nH]c3cnc4ccc(-c5ccc(NS(C)(=O)=O)nc5)cc4c23)cc1. The van der Waals surface area contributed by atoms with Crippen LogP contribution in [0.3, 0.4) is 0 Å². The lowest BCUT2D eigenvalue weighted by atomic mass is 9.86. The van der Waals surface area contributed by atoms with Crippen LogP contribution in [0.2, 0.25) is 0 Å². The number of aromatic nitrogens is 4. The summed E-state index contributed by atoms with van der Waals surface area (Å²) in [6, 6.07) is 19.6. The molecule has 0 aliphatic heterocycles. The number of hydrogen-bond donors (Lipinski definition) is 2. The Bertz CT molecular complexity index is 1710. The normalized spacial score (nSPS) is 12.1. The monoisotopic (exact) mass is 482 g/mol. The molecule has 0 radical (unpaired) electrons. The van der Waals surface area contributed by atoms with Crippen molar-refractivity contribution in [1.82, 2.24) is 20.2 Å². The molecule has 0 unspecified atom stereocenters. The van der Waals surface area contributed by atoms with Crippen molar-refractivity contribution in [2.75, 3.05) is 11.0 Å². The van der Waals surface area contributed by atoms with Crippen molar-refractivity contribution in [1.29, 1.82) is 5.26 Å². The quantitative estimate of drug-likeness (QED) is 0.363. The molecule has 0 fully saturated rings. The predicted molar refractivity (Wildman–Crippen MR) is 137 cm³/mol. The fourth-order valence-corrected chi connectivity index (χ4v) is 4.52. The van der Waals surface area contributed by atoms with Gasteiger partial charge in [0.05, 0.1) is 35.0 Å². The molecular formula is C26H22N6O2S. The minimum atomic E-state index is -3.39. The Labute approximate surface area is 202 Å². The summed E-state index contributed by atoms with van der Waals surface area (Å²) in [6.07, 6.45) is 4.49. The topological polar surface area (TPSA) is 124 Å². The van der Waals surface area contributed by atoms with Crippen molar-refractivity contribution < 1.29 is 8.42 Å². The third kappa shape index (κ3) is 4.32. The van der Waals surface area contributed by atoms with E-state index < -0.39 is 15.4 Å². The van der Waals surface area contributed by atoms with Gasteiger partial charge >= 0.3 is 0 Å². The molecule has 0 saturated carbocycles. The number of anilines is 1. The van der Waals surface area contributed by atoms with Crippen LogP contribution in [0.1, 0.15) is 19.4 Å². The lowest BCUT2D eigenvalue weighted by molar-refractivity contribution is 0.606. The Morgan fingerprint density at radius 3 is 2.31 bits per heavy atom. The lowest BCUT2D eigenvalue weighted by Crippen LogP contribution is -2.13. The van der Waals surface area contributed by atoms with Crippen LogP contribution in [-0.4, -0.2) is 34.8 Å². The number of fused-ring (bicyclic) bond motifs is 3. The number of sulfonamides is 1. The van der Waals surface area contributed by atoms with Crippen molar-refractivity contribution in [3.63, 3.8) is 0 Å². The molecule has 174 valence electrons. The van der Waals surface area contributed by atoms with Gasteiger partial charge in [0.25, 0.3) is 0 Å². The van der Waals surface area contributed by atoms with Gasteiger partial charge < -0.3 is 0 Å². The van der Waals surface area contributed by atoms with Gasteiger partial charge in [-0.25, -0.2) is 13.4 Å². The highest BCUT2D eigenvalue weighted by molar-refractivity contribution is 7.92. The second-order valence-corrected chi connectivity index (χ2v) is 10.7. The summed E-state index contributed by atoms with van der Waals surface area (Å²) < 4.78 is 25.3. The van der Waals surface area contributed by atoms with Gasteiger partial charge in [-0.05, 0) is 49.2 Å². The van der Waals surface area contributed by atoms with E-state index in [1.807, 2.05) is 62.4 Å². The molecule has 0 bridgehead atoms. The molecule has 9 heteroatoms. The van der Waals surface area contributed by atoms with Gasteiger partial charge in [-0.15, -0.1) is 0 Å². The molecule has 2 N–H and O–H groups in total. The number of nitrogens with zero attached hydrogens (tertiary/aromatic N) is 4. The minimum Gasteiger partial charge on any atom is -0.276 e. The maximum Gasteiger partial charge on any atom is 0.230 e. The molecule has 8 nitrogen and oxygen atoms in total. The van der Waals surface area contributed by atoms with E-state index in [9.17, 15) is 13.7 Å². The van der Waals surface area contributed by atoms with Crippen LogP contribution < -0.4 is 4.72 Å². The molecule has 0 aliphatic carbocycles. The summed E-state index contributed by atoms with van der Waals surface area (Å²) in [7, 11) is -3.39. The summed E-state index contributed by atoms with van der Waals surface area (Å²) in [6.45, 7) is 3.79. The first-order valence-corrected chi connectivity index (χ1v) is 12.8. The zero-order valence-corrected chi connectivity index (χ0v) is 20.2. The average Bonchev–Trinajstić information content (AvgIpc) is 3.28. The van der Waals surface area contributed by atoms with Gasteiger partial charge in [0.1, 0.15) is 11.5 Å². The third-order valence-electron chi connectivity index (χ3n) is 5.94. The zero-order valence-electron chi connectivity index (χ0n) is 19.4. The summed E-state index contributed by atoms with van der Waals surface area (Å²) >= 11 is 0. The number of H-pyrrole nitrogens is 1. The van der Waals surface area contributed by atoms with E-state index in [2.05, 4.69) is 31.0 Å². The van der Waals surface area contributed by atoms with Crippen LogP contribution in [0.15, 0.2) is 67.0 Å². The number of rotatable bonds is 5. The second-order valence-electron chi connectivity index (χ2n) is 8.97. The molecule has 0 spiro atoms. The minimum absolute atomic E-state index is 0.265. The average molecular weight is 483 g/mol. The van der Waals surface area contributed by atoms with E-state index in [-0.39, 0.29) is 5.82 Å². The standard InChI is InChI=1S/C26H22N6O2S/c1-26(2,15-27)19-8-4-16(5-9-19)25-24-20-12-17(6-10-21(20)28-14-22(24)30-31-25)18-7-11-23(29-13-18)32-35(3,33)34/h4-14H,1-3H3,(H,29,32)(H,30,31). The van der Waals surface area contributed by atoms with Crippen molar-refractivity contribution in [2.24, 2.45) is 0 Å². The Hall–Kier alpha value is -4.29. The van der Waals surface area contributed by atoms with Crippen LogP contribution in [0, 0.1) is 11.3 Å². The molecule has 0 atom stereocenters. The Kier molecular flexibility index (Phi) is 5.26. The van der Waals surface area contributed by atoms with Gasteiger partial charge in [-0.2, -0.15) is 10.4 Å². The van der Waals surface area contributed by atoms with E-state index in [4.69, 9.17) is 0 Å². The first-order valence-electron chi connectivity index (χ1n) is 10.9. The largest absolute Gasteiger partial charge is 0.276 e. The number of hydrogen-bond acceptors (Lipinski definition) is 6. The predicted octanol–water partition coefficient (Wildman–Crippen LogP) is 5.01. The summed E-state index contributed by atoms with van der Waals surface area (Å²) in [4.78, 5) is 8.79. The lowest BCUT2D eigenvalue weighted by Gasteiger charge is -2.15. The molecule has 5 aromatic rings. The number of nitriles is 1. The van der Waals surface area contributed by atoms with E-state index in [0.29, 0.717) is 0 Å². The molecule has 2 aromatic carbocycles. The molecule has 0 amide bonds. The van der Waals surface area contributed by atoms with Crippen molar-refractivity contribution >= 4 is 37.6 Å². The molecule has 3 heterocycles.